The fraction of sp³-hybridized carbons (Fsp3) is 0.188. The van der Waals surface area contributed by atoms with Crippen LogP contribution in [0.1, 0.15) is 17.5 Å². The minimum absolute atomic E-state index is 0.113. The molecule has 0 saturated heterocycles. The van der Waals surface area contributed by atoms with Gasteiger partial charge >= 0.3 is 27.7 Å². The molecule has 2 nitrogen and oxygen atoms in total. The third kappa shape index (κ3) is 3.70. The molecule has 0 amide bonds. The van der Waals surface area contributed by atoms with Crippen molar-refractivity contribution in [1.29, 1.82) is 0 Å². The Balaban J connectivity index is 0.000000704. The molecule has 0 saturated carbocycles. The summed E-state index contributed by atoms with van der Waals surface area (Å²) in [4.78, 5) is 0. The molecule has 108 valence electrons. The van der Waals surface area contributed by atoms with Crippen molar-refractivity contribution >= 4 is 9.53 Å². The van der Waals surface area contributed by atoms with Crippen molar-refractivity contribution in [2.45, 2.75) is 18.9 Å². The molecule has 0 bridgehead atoms. The van der Waals surface area contributed by atoms with E-state index in [1.165, 1.54) is 5.56 Å². The van der Waals surface area contributed by atoms with Gasteiger partial charge in [0, 0.05) is 5.75 Å². The van der Waals surface area contributed by atoms with Gasteiger partial charge in [0.15, 0.2) is 0 Å². The monoisotopic (exact) mass is 380 g/mol. The molecule has 2 aromatic carbocycles. The number of phenolic OH excluding ortho intramolecular Hbond substituents is 1. The van der Waals surface area contributed by atoms with E-state index in [4.69, 9.17) is 4.74 Å². The fourth-order valence-corrected chi connectivity index (χ4v) is 2.29. The molecule has 1 unspecified atom stereocenters. The van der Waals surface area contributed by atoms with E-state index in [0.717, 1.165) is 24.2 Å². The number of para-hydroxylation sites is 2. The zero-order chi connectivity index (χ0) is 14.4. The molecule has 0 spiro atoms. The molecule has 3 rings (SSSR count). The summed E-state index contributed by atoms with van der Waals surface area (Å²) in [5.74, 6) is 1.33. The van der Waals surface area contributed by atoms with E-state index in [1.54, 1.807) is 6.07 Å². The van der Waals surface area contributed by atoms with E-state index >= 15 is 0 Å². The third-order valence-electron chi connectivity index (χ3n) is 3.25. The first-order chi connectivity index (χ1) is 9.83. The molecule has 0 aliphatic carbocycles. The molecule has 0 aromatic heterocycles. The van der Waals surface area contributed by atoms with Crippen molar-refractivity contribution in [3.05, 3.63) is 66.1 Å². The molecule has 0 radical (unpaired) electrons. The van der Waals surface area contributed by atoms with E-state index in [2.05, 4.69) is 40.2 Å². The molecule has 1 atom stereocenters. The van der Waals surface area contributed by atoms with Crippen molar-refractivity contribution in [3.63, 3.8) is 0 Å². The van der Waals surface area contributed by atoms with Crippen LogP contribution in [0.2, 0.25) is 0 Å². The predicted molar refractivity (Wildman–Crippen MR) is 76.5 cm³/mol. The van der Waals surface area contributed by atoms with Gasteiger partial charge in [0.25, 0.3) is 0 Å². The van der Waals surface area contributed by atoms with Crippen LogP contribution in [0.25, 0.3) is 0 Å². The second kappa shape index (κ2) is 7.59. The number of hydrogen-bond acceptors (Lipinski definition) is 2. The van der Waals surface area contributed by atoms with Crippen molar-refractivity contribution in [1.82, 2.24) is 0 Å². The van der Waals surface area contributed by atoms with Crippen LogP contribution < -0.4 is 4.74 Å². The Bertz CT molecular complexity index is 535. The Kier molecular flexibility index (Phi) is 5.79. The maximum atomic E-state index is 9.71. The van der Waals surface area contributed by atoms with Gasteiger partial charge in [0.05, 0.1) is 6.10 Å². The first kappa shape index (κ1) is 15.3. The topological polar surface area (TPSA) is 29.5 Å². The van der Waals surface area contributed by atoms with Crippen LogP contribution in [0.15, 0.2) is 48.5 Å². The zero-order valence-electron chi connectivity index (χ0n) is 10.7. The summed E-state index contributed by atoms with van der Waals surface area (Å²) < 4.78 is 5.83. The normalized spacial score (nSPS) is 15.4. The number of benzene rings is 2. The number of halogens is 1. The maximum absolute atomic E-state index is 9.71. The Hall–Kier alpha value is -1.14. The number of phenols is 1. The van der Waals surface area contributed by atoms with Crippen LogP contribution in [0.5, 0.6) is 11.5 Å². The number of hydrogen-bond donors (Lipinski definition) is 1. The zero-order valence-corrected chi connectivity index (χ0v) is 13.0. The molecule has 4 heteroatoms. The molecule has 2 aromatic rings. The first-order valence-corrected chi connectivity index (χ1v) is 8.32. The molecular formula is C16H15ClO2Pd. The Labute approximate surface area is 134 Å². The van der Waals surface area contributed by atoms with Gasteiger partial charge < -0.3 is 9.84 Å². The van der Waals surface area contributed by atoms with Gasteiger partial charge in [-0.1, -0.05) is 30.3 Å². The van der Waals surface area contributed by atoms with E-state index in [1.807, 2.05) is 36.4 Å². The summed E-state index contributed by atoms with van der Waals surface area (Å²) in [6.07, 6.45) is 3.96. The number of aryl methyl sites for hydroxylation is 1. The average molecular weight is 381 g/mol. The Morgan fingerprint density at radius 1 is 1.10 bits per heavy atom. The van der Waals surface area contributed by atoms with E-state index < -0.39 is 0 Å². The van der Waals surface area contributed by atoms with Crippen LogP contribution in [-0.2, 0) is 24.6 Å². The molecule has 1 heterocycles. The van der Waals surface area contributed by atoms with Crippen molar-refractivity contribution in [2.75, 3.05) is 0 Å². The van der Waals surface area contributed by atoms with Gasteiger partial charge in [0.2, 0.25) is 0 Å². The van der Waals surface area contributed by atoms with Gasteiger partial charge in [0.1, 0.15) is 5.75 Å². The van der Waals surface area contributed by atoms with E-state index in [-0.39, 0.29) is 6.10 Å². The first-order valence-electron chi connectivity index (χ1n) is 6.32. The number of aromatic hydroxyl groups is 1. The van der Waals surface area contributed by atoms with Crippen molar-refractivity contribution in [3.8, 4) is 11.5 Å². The van der Waals surface area contributed by atoms with E-state index in [0.29, 0.717) is 5.75 Å². The van der Waals surface area contributed by atoms with E-state index in [9.17, 15) is 5.11 Å². The predicted octanol–water partition coefficient (Wildman–Crippen LogP) is 4.03. The molecule has 1 N–H and O–H groups in total. The van der Waals surface area contributed by atoms with Crippen LogP contribution >= 0.6 is 9.53 Å². The van der Waals surface area contributed by atoms with Gasteiger partial charge in [-0.05, 0) is 24.5 Å². The van der Waals surface area contributed by atoms with Gasteiger partial charge in [-0.25, -0.2) is 0 Å². The second-order valence-corrected chi connectivity index (χ2v) is 4.53. The summed E-state index contributed by atoms with van der Waals surface area (Å²) in [6.45, 7) is 0. The molecule has 0 fully saturated rings. The summed E-state index contributed by atoms with van der Waals surface area (Å²) in [7, 11) is 4.49. The standard InChI is InChI=1S/C16H15O2.ClH.Pd/c17-15-7-3-1-5-12(15)9-10-14-11-13-6-2-4-8-16(13)18-14;;/h1-8,11,14,17H,9-10H2;1H;/q-1;;+2/p-1. The molecule has 1 aliphatic rings. The van der Waals surface area contributed by atoms with Crippen LogP contribution in [0.3, 0.4) is 0 Å². The number of ether oxygens (including phenoxy) is 1. The average Bonchev–Trinajstić information content (AvgIpc) is 2.91. The Morgan fingerprint density at radius 3 is 2.55 bits per heavy atom. The van der Waals surface area contributed by atoms with Crippen LogP contribution in [-0.4, -0.2) is 11.2 Å². The third-order valence-corrected chi connectivity index (χ3v) is 3.25. The van der Waals surface area contributed by atoms with Crippen molar-refractivity contribution in [2.24, 2.45) is 0 Å². The SMILES string of the molecule is Oc1ccccc1CCC1[CH-]c2ccccc2O1.[Cl][Pd+]. The Morgan fingerprint density at radius 2 is 1.80 bits per heavy atom. The number of rotatable bonds is 3. The summed E-state index contributed by atoms with van der Waals surface area (Å²) in [5.41, 5.74) is 2.14. The molecular weight excluding hydrogens is 366 g/mol. The van der Waals surface area contributed by atoms with Gasteiger partial charge in [-0.15, -0.1) is 18.1 Å². The summed E-state index contributed by atoms with van der Waals surface area (Å²) >= 11 is 2.22. The van der Waals surface area contributed by atoms with Crippen LogP contribution in [0, 0.1) is 6.42 Å². The van der Waals surface area contributed by atoms with Gasteiger partial charge in [-0.3, -0.25) is 0 Å². The molecule has 20 heavy (non-hydrogen) atoms. The van der Waals surface area contributed by atoms with Gasteiger partial charge in [-0.2, -0.15) is 6.07 Å². The van der Waals surface area contributed by atoms with Crippen molar-refractivity contribution < 1.29 is 28.0 Å². The number of fused-ring (bicyclic) bond motifs is 1. The molecule has 1 aliphatic heterocycles. The quantitative estimate of drug-likeness (QED) is 0.643. The van der Waals surface area contributed by atoms with Crippen LogP contribution in [0.4, 0.5) is 0 Å². The second-order valence-electron chi connectivity index (χ2n) is 4.53. The summed E-state index contributed by atoms with van der Waals surface area (Å²) in [5, 5.41) is 9.71. The summed E-state index contributed by atoms with van der Waals surface area (Å²) in [6, 6.07) is 15.5. The minimum atomic E-state index is 0.113. The fourth-order valence-electron chi connectivity index (χ4n) is 2.29.